The monoisotopic (exact) mass is 204 g/mol. The number of para-hydroxylation sites is 1. The number of methoxy groups -OCH3 is 1. The van der Waals surface area contributed by atoms with Crippen molar-refractivity contribution >= 4 is 0 Å². The third kappa shape index (κ3) is 1.85. The van der Waals surface area contributed by atoms with Crippen molar-refractivity contribution < 1.29 is 9.15 Å². The molecule has 0 saturated carbocycles. The Hall–Kier alpha value is -1.81. The van der Waals surface area contributed by atoms with Gasteiger partial charge in [-0.25, -0.2) is 4.98 Å². The van der Waals surface area contributed by atoms with E-state index in [0.717, 1.165) is 17.0 Å². The minimum absolute atomic E-state index is 0.374. The highest BCUT2D eigenvalue weighted by atomic mass is 16.5. The summed E-state index contributed by atoms with van der Waals surface area (Å²) in [6.45, 7) is 0.374. The lowest BCUT2D eigenvalue weighted by Gasteiger charge is -2.03. The maximum atomic E-state index is 5.46. The molecule has 0 amide bonds. The Kier molecular flexibility index (Phi) is 2.69. The van der Waals surface area contributed by atoms with Gasteiger partial charge >= 0.3 is 0 Å². The summed E-state index contributed by atoms with van der Waals surface area (Å²) in [4.78, 5) is 4.24. The van der Waals surface area contributed by atoms with Crippen molar-refractivity contribution in [1.29, 1.82) is 0 Å². The van der Waals surface area contributed by atoms with Gasteiger partial charge in [0.25, 0.3) is 0 Å². The molecule has 2 rings (SSSR count). The highest BCUT2D eigenvalue weighted by Crippen LogP contribution is 2.28. The van der Waals surface area contributed by atoms with Gasteiger partial charge < -0.3 is 14.9 Å². The van der Waals surface area contributed by atoms with Crippen LogP contribution in [0.15, 0.2) is 34.9 Å². The van der Waals surface area contributed by atoms with Crippen molar-refractivity contribution in [1.82, 2.24) is 4.98 Å². The van der Waals surface area contributed by atoms with Crippen molar-refractivity contribution in [3.05, 3.63) is 36.2 Å². The summed E-state index contributed by atoms with van der Waals surface area (Å²) < 4.78 is 10.5. The average molecular weight is 204 g/mol. The van der Waals surface area contributed by atoms with Gasteiger partial charge in [0, 0.05) is 6.54 Å². The van der Waals surface area contributed by atoms with Gasteiger partial charge in [0.2, 0.25) is 5.89 Å². The molecule has 2 aromatic rings. The molecule has 0 bridgehead atoms. The van der Waals surface area contributed by atoms with Gasteiger partial charge in [0.15, 0.2) is 0 Å². The number of benzene rings is 1. The van der Waals surface area contributed by atoms with Gasteiger partial charge in [0.1, 0.15) is 12.0 Å². The third-order valence-electron chi connectivity index (χ3n) is 2.10. The van der Waals surface area contributed by atoms with Crippen LogP contribution in [0.5, 0.6) is 5.75 Å². The zero-order chi connectivity index (χ0) is 10.7. The predicted molar refractivity (Wildman–Crippen MR) is 56.4 cm³/mol. The molecule has 0 radical (unpaired) electrons. The summed E-state index contributed by atoms with van der Waals surface area (Å²) in [5.74, 6) is 1.27. The fourth-order valence-corrected chi connectivity index (χ4v) is 1.35. The first-order valence-corrected chi connectivity index (χ1v) is 4.63. The molecule has 0 spiro atoms. The fourth-order valence-electron chi connectivity index (χ4n) is 1.35. The van der Waals surface area contributed by atoms with E-state index < -0.39 is 0 Å². The van der Waals surface area contributed by atoms with Crippen LogP contribution in [0.3, 0.4) is 0 Å². The van der Waals surface area contributed by atoms with Crippen LogP contribution in [0, 0.1) is 0 Å². The van der Waals surface area contributed by atoms with E-state index in [1.807, 2.05) is 24.3 Å². The summed E-state index contributed by atoms with van der Waals surface area (Å²) in [6, 6.07) is 7.56. The Morgan fingerprint density at radius 1 is 1.40 bits per heavy atom. The molecule has 4 nitrogen and oxygen atoms in total. The second kappa shape index (κ2) is 4.14. The standard InChI is InChI=1S/C11H12N2O2/c1-14-10-5-3-2-4-9(10)11-13-8(6-12)7-15-11/h2-5,7H,6,12H2,1H3. The van der Waals surface area contributed by atoms with E-state index in [-0.39, 0.29) is 0 Å². The third-order valence-corrected chi connectivity index (χ3v) is 2.10. The maximum Gasteiger partial charge on any atom is 0.229 e. The Labute approximate surface area is 87.7 Å². The van der Waals surface area contributed by atoms with Crippen LogP contribution in [-0.4, -0.2) is 12.1 Å². The summed E-state index contributed by atoms with van der Waals surface area (Å²) in [5, 5.41) is 0. The molecule has 0 saturated heterocycles. The molecule has 0 fully saturated rings. The normalized spacial score (nSPS) is 10.3. The van der Waals surface area contributed by atoms with E-state index in [9.17, 15) is 0 Å². The molecule has 1 aromatic carbocycles. The second-order valence-electron chi connectivity index (χ2n) is 3.05. The summed E-state index contributed by atoms with van der Waals surface area (Å²) in [6.07, 6.45) is 1.56. The Morgan fingerprint density at radius 3 is 2.87 bits per heavy atom. The molecular weight excluding hydrogens is 192 g/mol. The molecule has 0 aliphatic carbocycles. The molecule has 0 unspecified atom stereocenters. The highest BCUT2D eigenvalue weighted by molar-refractivity contribution is 5.62. The van der Waals surface area contributed by atoms with E-state index in [0.29, 0.717) is 12.4 Å². The Bertz CT molecular complexity index is 451. The summed E-state index contributed by atoms with van der Waals surface area (Å²) >= 11 is 0. The molecular formula is C11H12N2O2. The minimum atomic E-state index is 0.374. The van der Waals surface area contributed by atoms with Gasteiger partial charge in [0.05, 0.1) is 18.4 Å². The van der Waals surface area contributed by atoms with Crippen LogP contribution in [-0.2, 0) is 6.54 Å². The van der Waals surface area contributed by atoms with E-state index in [1.54, 1.807) is 13.4 Å². The molecule has 1 heterocycles. The number of nitrogens with two attached hydrogens (primary N) is 1. The zero-order valence-corrected chi connectivity index (χ0v) is 8.43. The predicted octanol–water partition coefficient (Wildman–Crippen LogP) is 1.81. The van der Waals surface area contributed by atoms with Gasteiger partial charge in [-0.2, -0.15) is 0 Å². The average Bonchev–Trinajstić information content (AvgIpc) is 2.77. The first-order valence-electron chi connectivity index (χ1n) is 4.63. The number of nitrogens with zero attached hydrogens (tertiary/aromatic N) is 1. The smallest absolute Gasteiger partial charge is 0.229 e. The van der Waals surface area contributed by atoms with Crippen LogP contribution in [0.25, 0.3) is 11.5 Å². The lowest BCUT2D eigenvalue weighted by molar-refractivity contribution is 0.414. The minimum Gasteiger partial charge on any atom is -0.496 e. The first-order chi connectivity index (χ1) is 7.35. The fraction of sp³-hybridized carbons (Fsp3) is 0.182. The van der Waals surface area contributed by atoms with Gasteiger partial charge in [-0.15, -0.1) is 0 Å². The molecule has 15 heavy (non-hydrogen) atoms. The van der Waals surface area contributed by atoms with Gasteiger partial charge in [-0.05, 0) is 12.1 Å². The number of hydrogen-bond donors (Lipinski definition) is 1. The SMILES string of the molecule is COc1ccccc1-c1nc(CN)co1. The van der Waals surface area contributed by atoms with Crippen LogP contribution < -0.4 is 10.5 Å². The Balaban J connectivity index is 2.44. The zero-order valence-electron chi connectivity index (χ0n) is 8.43. The van der Waals surface area contributed by atoms with Crippen molar-refractivity contribution in [2.75, 3.05) is 7.11 Å². The number of hydrogen-bond acceptors (Lipinski definition) is 4. The maximum absolute atomic E-state index is 5.46. The second-order valence-corrected chi connectivity index (χ2v) is 3.05. The van der Waals surface area contributed by atoms with Crippen LogP contribution >= 0.6 is 0 Å². The van der Waals surface area contributed by atoms with E-state index in [1.165, 1.54) is 0 Å². The number of aromatic nitrogens is 1. The van der Waals surface area contributed by atoms with E-state index >= 15 is 0 Å². The first kappa shape index (κ1) is 9.73. The number of ether oxygens (including phenoxy) is 1. The van der Waals surface area contributed by atoms with Crippen LogP contribution in [0.2, 0.25) is 0 Å². The summed E-state index contributed by atoms with van der Waals surface area (Å²) in [5.41, 5.74) is 7.02. The largest absolute Gasteiger partial charge is 0.496 e. The van der Waals surface area contributed by atoms with Crippen molar-refractivity contribution in [2.45, 2.75) is 6.54 Å². The van der Waals surface area contributed by atoms with Crippen molar-refractivity contribution in [3.63, 3.8) is 0 Å². The number of rotatable bonds is 3. The van der Waals surface area contributed by atoms with E-state index in [4.69, 9.17) is 14.9 Å². The van der Waals surface area contributed by atoms with Crippen molar-refractivity contribution in [2.24, 2.45) is 5.73 Å². The molecule has 1 aromatic heterocycles. The van der Waals surface area contributed by atoms with Gasteiger partial charge in [-0.3, -0.25) is 0 Å². The highest BCUT2D eigenvalue weighted by Gasteiger charge is 2.10. The van der Waals surface area contributed by atoms with E-state index in [2.05, 4.69) is 4.98 Å². The Morgan fingerprint density at radius 2 is 2.20 bits per heavy atom. The summed E-state index contributed by atoms with van der Waals surface area (Å²) in [7, 11) is 1.62. The van der Waals surface area contributed by atoms with Crippen LogP contribution in [0.1, 0.15) is 5.69 Å². The molecule has 78 valence electrons. The molecule has 4 heteroatoms. The molecule has 0 aliphatic heterocycles. The van der Waals surface area contributed by atoms with Gasteiger partial charge in [-0.1, -0.05) is 12.1 Å². The lowest BCUT2D eigenvalue weighted by Crippen LogP contribution is -1.96. The molecule has 2 N–H and O–H groups in total. The quantitative estimate of drug-likeness (QED) is 0.828. The lowest BCUT2D eigenvalue weighted by atomic mass is 10.2. The molecule has 0 aliphatic rings. The number of oxazole rings is 1. The topological polar surface area (TPSA) is 61.3 Å². The van der Waals surface area contributed by atoms with Crippen molar-refractivity contribution in [3.8, 4) is 17.2 Å². The molecule has 0 atom stereocenters. The van der Waals surface area contributed by atoms with Crippen LogP contribution in [0.4, 0.5) is 0 Å².